The molecule has 4 radical (unpaired) electrons. The summed E-state index contributed by atoms with van der Waals surface area (Å²) in [6, 6.07) is 4.94. The number of halogens is 2. The Hall–Kier alpha value is 2.25. The summed E-state index contributed by atoms with van der Waals surface area (Å²) in [6.45, 7) is 17.0. The molecule has 1 aromatic heterocycles. The molecule has 0 saturated carbocycles. The average molecular weight is 619 g/mol. The SMILES string of the molecule is CC(C)P(=S)(Cc1cccc([C@H]([Ge]([Cl])[Cl])[P+]([S][Ge])(C(C)C)C(C)C)n1)C(C)C. The summed E-state index contributed by atoms with van der Waals surface area (Å²) in [5.74, 6) is 0. The second-order valence-electron chi connectivity index (χ2n) is 8.49. The molecule has 0 aliphatic heterocycles. The number of hydrogen-bond acceptors (Lipinski definition) is 3. The topological polar surface area (TPSA) is 12.9 Å². The maximum atomic E-state index is 6.81. The maximum absolute atomic E-state index is 6.81. The molecule has 0 N–H and O–H groups in total. The summed E-state index contributed by atoms with van der Waals surface area (Å²) in [4.78, 5) is 5.17. The van der Waals surface area contributed by atoms with E-state index in [-0.39, 0.29) is 4.49 Å². The van der Waals surface area contributed by atoms with E-state index in [4.69, 9.17) is 36.8 Å². The predicted molar refractivity (Wildman–Crippen MR) is 143 cm³/mol. The Morgan fingerprint density at radius 3 is 1.93 bits per heavy atom. The van der Waals surface area contributed by atoms with Crippen LogP contribution in [0.5, 0.6) is 0 Å². The van der Waals surface area contributed by atoms with Crippen LogP contribution in [0, 0.1) is 0 Å². The molecule has 0 fully saturated rings. The molecule has 0 spiro atoms. The zero-order chi connectivity index (χ0) is 21.9. The van der Waals surface area contributed by atoms with Gasteiger partial charge in [0.25, 0.3) is 0 Å². The first-order valence-electron chi connectivity index (χ1n) is 9.80. The van der Waals surface area contributed by atoms with E-state index in [1.165, 1.54) is 0 Å². The molecule has 1 heterocycles. The summed E-state index contributed by atoms with van der Waals surface area (Å²) >= 11 is 6.16. The fourth-order valence-corrected chi connectivity index (χ4v) is 43.8. The molecule has 158 valence electrons. The van der Waals surface area contributed by atoms with E-state index in [0.29, 0.717) is 22.6 Å². The first-order valence-corrected chi connectivity index (χ1v) is 25.6. The summed E-state index contributed by atoms with van der Waals surface area (Å²) < 4.78 is 0.238. The van der Waals surface area contributed by atoms with Crippen LogP contribution in [0.1, 0.15) is 71.3 Å². The van der Waals surface area contributed by atoms with E-state index in [2.05, 4.69) is 89.0 Å². The van der Waals surface area contributed by atoms with Gasteiger partial charge in [0.15, 0.2) is 0 Å². The van der Waals surface area contributed by atoms with Crippen molar-refractivity contribution < 1.29 is 0 Å². The number of rotatable bonds is 10. The number of pyridine rings is 1. The molecule has 0 unspecified atom stereocenters. The molecule has 0 saturated heterocycles. The fraction of sp³-hybridized carbons (Fsp3) is 0.737. The molecule has 1 rings (SSSR count). The minimum absolute atomic E-state index is 0.238. The molecule has 1 nitrogen and oxygen atoms in total. The van der Waals surface area contributed by atoms with Crippen molar-refractivity contribution in [3.05, 3.63) is 29.6 Å². The van der Waals surface area contributed by atoms with Crippen molar-refractivity contribution >= 4 is 81.9 Å². The third-order valence-electron chi connectivity index (χ3n) is 5.65. The molecular formula is C19H34Cl2Ge2NP2S2+. The van der Waals surface area contributed by atoms with Crippen LogP contribution in [0.4, 0.5) is 0 Å². The Bertz CT molecular complexity index is 668. The minimum atomic E-state index is -2.29. The molecule has 0 amide bonds. The third-order valence-corrected chi connectivity index (χ3v) is 38.1. The Labute approximate surface area is 203 Å². The standard InChI is InChI=1S/C19H34Cl2Ge2NP2S2/c1-13(2)25(27,14(3)4)12-17-10-9-11-18(24-17)19(23(20)21)26(28-22,15(5)6)16(7)8/h9-11,13-16,19H,12H2,1-8H3/q+1/t19-/m1/s1. The summed E-state index contributed by atoms with van der Waals surface area (Å²) in [5, 5.41) is 0. The van der Waals surface area contributed by atoms with Crippen molar-refractivity contribution in [2.24, 2.45) is 0 Å². The second-order valence-corrected chi connectivity index (χ2v) is 33.5. The van der Waals surface area contributed by atoms with Crippen molar-refractivity contribution in [1.29, 1.82) is 0 Å². The van der Waals surface area contributed by atoms with Gasteiger partial charge in [0.1, 0.15) is 0 Å². The molecule has 28 heavy (non-hydrogen) atoms. The van der Waals surface area contributed by atoms with Gasteiger partial charge in [-0.2, -0.15) is 0 Å². The van der Waals surface area contributed by atoms with Crippen molar-refractivity contribution in [1.82, 2.24) is 4.98 Å². The number of hydrogen-bond donors (Lipinski definition) is 0. The quantitative estimate of drug-likeness (QED) is 0.195. The van der Waals surface area contributed by atoms with Crippen LogP contribution in [0.15, 0.2) is 18.2 Å². The van der Waals surface area contributed by atoms with Crippen molar-refractivity contribution in [2.45, 2.75) is 88.7 Å². The Morgan fingerprint density at radius 1 is 1.07 bits per heavy atom. The first-order chi connectivity index (χ1) is 12.8. The van der Waals surface area contributed by atoms with Gasteiger partial charge < -0.3 is 0 Å². The van der Waals surface area contributed by atoms with Crippen LogP contribution in [0.2, 0.25) is 0 Å². The Balaban J connectivity index is 3.49. The van der Waals surface area contributed by atoms with Crippen LogP contribution >= 0.6 is 42.2 Å². The molecule has 1 aromatic rings. The van der Waals surface area contributed by atoms with Gasteiger partial charge in [0, 0.05) is 0 Å². The summed E-state index contributed by atoms with van der Waals surface area (Å²) in [7, 11) is 15.6. The molecule has 0 aliphatic rings. The van der Waals surface area contributed by atoms with Gasteiger partial charge >= 0.3 is 205 Å². The van der Waals surface area contributed by atoms with Gasteiger partial charge in [-0.3, -0.25) is 0 Å². The molecule has 0 bridgehead atoms. The predicted octanol–water partition coefficient (Wildman–Crippen LogP) is 7.99. The van der Waals surface area contributed by atoms with Crippen LogP contribution in [-0.4, -0.2) is 55.5 Å². The Kier molecular flexibility index (Phi) is 12.0. The van der Waals surface area contributed by atoms with Crippen LogP contribution in [0.3, 0.4) is 0 Å². The molecule has 0 aromatic carbocycles. The number of nitrogens with zero attached hydrogens (tertiary/aromatic N) is 1. The molecule has 9 heteroatoms. The molecular weight excluding hydrogens is 584 g/mol. The Morgan fingerprint density at radius 2 is 1.57 bits per heavy atom. The van der Waals surface area contributed by atoms with E-state index in [1.807, 2.05) is 9.71 Å². The second kappa shape index (κ2) is 11.9. The van der Waals surface area contributed by atoms with Gasteiger partial charge in [0.2, 0.25) is 0 Å². The first kappa shape index (κ1) is 28.3. The third kappa shape index (κ3) is 6.18. The van der Waals surface area contributed by atoms with E-state index in [9.17, 15) is 0 Å². The zero-order valence-electron chi connectivity index (χ0n) is 18.2. The van der Waals surface area contributed by atoms with Gasteiger partial charge in [-0.15, -0.1) is 0 Å². The summed E-state index contributed by atoms with van der Waals surface area (Å²) in [6.07, 6.45) is 0.923. The van der Waals surface area contributed by atoms with Crippen LogP contribution < -0.4 is 0 Å². The van der Waals surface area contributed by atoms with E-state index >= 15 is 0 Å². The fourth-order valence-electron chi connectivity index (χ4n) is 3.88. The van der Waals surface area contributed by atoms with Crippen molar-refractivity contribution in [3.63, 3.8) is 0 Å². The van der Waals surface area contributed by atoms with Crippen molar-refractivity contribution in [2.75, 3.05) is 0 Å². The zero-order valence-corrected chi connectivity index (χ0v) is 27.4. The van der Waals surface area contributed by atoms with E-state index < -0.39 is 25.0 Å². The average Bonchev–Trinajstić information content (AvgIpc) is 2.58. The van der Waals surface area contributed by atoms with Crippen molar-refractivity contribution in [3.8, 4) is 0 Å². The normalized spacial score (nSPS) is 14.7. The molecule has 0 aliphatic carbocycles. The molecule has 1 atom stereocenters. The van der Waals surface area contributed by atoms with E-state index in [1.54, 1.807) is 0 Å². The summed E-state index contributed by atoms with van der Waals surface area (Å²) in [5.41, 5.74) is 4.44. The van der Waals surface area contributed by atoms with Gasteiger partial charge in [0.05, 0.1) is 0 Å². The number of aromatic nitrogens is 1. The van der Waals surface area contributed by atoms with Crippen LogP contribution in [0.25, 0.3) is 0 Å². The monoisotopic (exact) mass is 620 g/mol. The van der Waals surface area contributed by atoms with E-state index in [0.717, 1.165) is 17.5 Å². The van der Waals surface area contributed by atoms with Gasteiger partial charge in [-0.1, -0.05) is 0 Å². The van der Waals surface area contributed by atoms with Gasteiger partial charge in [-0.25, -0.2) is 0 Å². The van der Waals surface area contributed by atoms with Crippen LogP contribution in [-0.2, 0) is 18.0 Å². The van der Waals surface area contributed by atoms with Gasteiger partial charge in [-0.05, 0) is 0 Å².